The lowest BCUT2D eigenvalue weighted by Crippen LogP contribution is -2.50. The highest BCUT2D eigenvalue weighted by molar-refractivity contribution is 8.18. The quantitative estimate of drug-likeness (QED) is 0.414. The molecule has 2 heterocycles. The molecule has 1 N–H and O–H groups in total. The molecule has 43 heavy (non-hydrogen) atoms. The third-order valence-electron chi connectivity index (χ3n) is 6.01. The number of aliphatic imine (C=N–C) groups is 1. The summed E-state index contributed by atoms with van der Waals surface area (Å²) in [4.78, 5) is 30.9. The number of nitrogens with one attached hydrogen (secondary N) is 1. The van der Waals surface area contributed by atoms with Gasteiger partial charge in [-0.1, -0.05) is 6.07 Å². The maximum absolute atomic E-state index is 13.6. The minimum Gasteiger partial charge on any atom is -0.493 e. The van der Waals surface area contributed by atoms with E-state index in [4.69, 9.17) is 24.2 Å². The Morgan fingerprint density at radius 1 is 1.21 bits per heavy atom. The van der Waals surface area contributed by atoms with Crippen molar-refractivity contribution in [2.75, 3.05) is 33.4 Å². The average Bonchev–Trinajstić information content (AvgIpc) is 3.30. The Labute approximate surface area is 250 Å². The second kappa shape index (κ2) is 13.0. The molecule has 2 aromatic rings. The van der Waals surface area contributed by atoms with Crippen LogP contribution in [0.1, 0.15) is 37.5 Å². The fourth-order valence-corrected chi connectivity index (χ4v) is 4.88. The molecular formula is C29H29F3N4O6S. The van der Waals surface area contributed by atoms with Gasteiger partial charge in [0.15, 0.2) is 16.7 Å². The summed E-state index contributed by atoms with van der Waals surface area (Å²) in [5.41, 5.74) is -1.34. The van der Waals surface area contributed by atoms with Gasteiger partial charge in [0, 0.05) is 13.1 Å². The van der Waals surface area contributed by atoms with Gasteiger partial charge in [-0.15, -0.1) is 0 Å². The molecule has 1 unspecified atom stereocenters. The minimum atomic E-state index is -4.74. The van der Waals surface area contributed by atoms with Crippen molar-refractivity contribution in [3.8, 4) is 23.3 Å². The van der Waals surface area contributed by atoms with Crippen LogP contribution in [0.4, 0.5) is 18.0 Å². The predicted molar refractivity (Wildman–Crippen MR) is 153 cm³/mol. The molecule has 2 aliphatic rings. The number of nitriles is 1. The largest absolute Gasteiger partial charge is 0.493 e. The Bertz CT molecular complexity index is 1500. The number of carbonyl (C=O) groups is 2. The molecule has 2 amide bonds. The fourth-order valence-electron chi connectivity index (χ4n) is 4.06. The van der Waals surface area contributed by atoms with Crippen molar-refractivity contribution in [2.24, 2.45) is 4.99 Å². The van der Waals surface area contributed by atoms with E-state index in [0.717, 1.165) is 17.8 Å². The summed E-state index contributed by atoms with van der Waals surface area (Å²) in [7, 11) is 1.33. The standard InChI is InChI=1S/C29H29F3N4O6S/c1-28(2,3)42-27(38)36-9-10-40-19(16-36)15-34-26-35-25(37)24(43-26)13-17-5-8-22(23(12-17)39-4)41-21-7-6-18(14-33)11-20(21)29(30,31)32/h5-8,11-13,19H,9-10,15-16H2,1-4H3,(H,34,35,37)/b24-13+. The molecule has 10 nitrogen and oxygen atoms in total. The number of thioether (sulfide) groups is 1. The number of methoxy groups -OCH3 is 1. The zero-order valence-electron chi connectivity index (χ0n) is 23.8. The maximum atomic E-state index is 13.6. The van der Waals surface area contributed by atoms with Crippen LogP contribution in [-0.4, -0.2) is 67.1 Å². The van der Waals surface area contributed by atoms with Gasteiger partial charge in [-0.25, -0.2) is 4.79 Å². The lowest BCUT2D eigenvalue weighted by Gasteiger charge is -2.34. The number of nitrogens with zero attached hydrogens (tertiary/aromatic N) is 3. The van der Waals surface area contributed by atoms with Crippen LogP contribution in [0.15, 0.2) is 46.3 Å². The Balaban J connectivity index is 1.40. The second-order valence-corrected chi connectivity index (χ2v) is 11.5. The lowest BCUT2D eigenvalue weighted by molar-refractivity contribution is -0.138. The highest BCUT2D eigenvalue weighted by Crippen LogP contribution is 2.41. The van der Waals surface area contributed by atoms with Crippen molar-refractivity contribution in [2.45, 2.75) is 38.7 Å². The molecule has 0 bridgehead atoms. The van der Waals surface area contributed by atoms with Gasteiger partial charge in [-0.05, 0) is 74.5 Å². The zero-order chi connectivity index (χ0) is 31.4. The molecular weight excluding hydrogens is 589 g/mol. The molecule has 1 saturated heterocycles. The van der Waals surface area contributed by atoms with Crippen molar-refractivity contribution in [3.05, 3.63) is 58.0 Å². The van der Waals surface area contributed by atoms with Crippen LogP contribution in [-0.2, 0) is 20.4 Å². The van der Waals surface area contributed by atoms with Crippen LogP contribution in [0, 0.1) is 11.3 Å². The van der Waals surface area contributed by atoms with Crippen LogP contribution in [0.3, 0.4) is 0 Å². The van der Waals surface area contributed by atoms with Crippen LogP contribution in [0.25, 0.3) is 6.08 Å². The Kier molecular flexibility index (Phi) is 9.56. The van der Waals surface area contributed by atoms with Crippen molar-refractivity contribution in [1.82, 2.24) is 10.2 Å². The van der Waals surface area contributed by atoms with Gasteiger partial charge >= 0.3 is 12.3 Å². The smallest absolute Gasteiger partial charge is 0.420 e. The average molecular weight is 619 g/mol. The number of hydrogen-bond donors (Lipinski definition) is 1. The highest BCUT2D eigenvalue weighted by atomic mass is 32.2. The molecule has 1 fully saturated rings. The van der Waals surface area contributed by atoms with Crippen LogP contribution < -0.4 is 14.8 Å². The summed E-state index contributed by atoms with van der Waals surface area (Å²) < 4.78 is 62.7. The Morgan fingerprint density at radius 2 is 1.95 bits per heavy atom. The van der Waals surface area contributed by atoms with Gasteiger partial charge in [-0.2, -0.15) is 23.4 Å². The molecule has 0 aromatic heterocycles. The topological polar surface area (TPSA) is 122 Å². The number of benzene rings is 2. The first-order chi connectivity index (χ1) is 20.3. The van der Waals surface area contributed by atoms with Crippen molar-refractivity contribution in [3.63, 3.8) is 0 Å². The van der Waals surface area contributed by atoms with E-state index in [0.29, 0.717) is 47.9 Å². The molecule has 14 heteroatoms. The number of rotatable bonds is 6. The Hall–Kier alpha value is -4.22. The highest BCUT2D eigenvalue weighted by Gasteiger charge is 2.35. The van der Waals surface area contributed by atoms with E-state index in [1.165, 1.54) is 25.3 Å². The number of ether oxygens (including phenoxy) is 4. The van der Waals surface area contributed by atoms with Gasteiger partial charge in [0.05, 0.1) is 48.5 Å². The SMILES string of the molecule is COc1cc(/C=C2/SC(NCC3CN(C(=O)OC(C)(C)C)CCO3)=NC2=O)ccc1Oc1ccc(C#N)cc1C(F)(F)F. The van der Waals surface area contributed by atoms with Crippen molar-refractivity contribution >= 4 is 35.0 Å². The number of carbonyl (C=O) groups excluding carboxylic acids is 2. The number of amides is 2. The zero-order valence-corrected chi connectivity index (χ0v) is 24.6. The lowest BCUT2D eigenvalue weighted by atomic mass is 10.1. The number of alkyl halides is 3. The van der Waals surface area contributed by atoms with E-state index < -0.39 is 35.1 Å². The minimum absolute atomic E-state index is 0.0109. The van der Waals surface area contributed by atoms with Crippen molar-refractivity contribution < 1.29 is 41.7 Å². The monoisotopic (exact) mass is 618 g/mol. The molecule has 0 radical (unpaired) electrons. The molecule has 0 saturated carbocycles. The van der Waals surface area contributed by atoms with E-state index in [-0.39, 0.29) is 23.2 Å². The number of amidine groups is 1. The van der Waals surface area contributed by atoms with E-state index in [9.17, 15) is 22.8 Å². The van der Waals surface area contributed by atoms with Gasteiger partial charge in [0.2, 0.25) is 0 Å². The molecule has 0 aliphatic carbocycles. The molecule has 2 aromatic carbocycles. The summed E-state index contributed by atoms with van der Waals surface area (Å²) in [6.07, 6.45) is -3.93. The predicted octanol–water partition coefficient (Wildman–Crippen LogP) is 5.57. The molecule has 228 valence electrons. The normalized spacial score (nSPS) is 18.2. The maximum Gasteiger partial charge on any atom is 0.420 e. The summed E-state index contributed by atoms with van der Waals surface area (Å²) in [5, 5.41) is 12.4. The van der Waals surface area contributed by atoms with Crippen LogP contribution in [0.2, 0.25) is 0 Å². The fraction of sp³-hybridized carbons (Fsp3) is 0.379. The first kappa shape index (κ1) is 31.7. The van der Waals surface area contributed by atoms with Gasteiger partial charge < -0.3 is 29.2 Å². The first-order valence-corrected chi connectivity index (χ1v) is 13.9. The van der Waals surface area contributed by atoms with Gasteiger partial charge in [0.1, 0.15) is 11.4 Å². The number of hydrogen-bond acceptors (Lipinski definition) is 9. The summed E-state index contributed by atoms with van der Waals surface area (Å²) in [5.74, 6) is -0.820. The van der Waals surface area contributed by atoms with E-state index in [2.05, 4.69) is 10.3 Å². The molecule has 0 spiro atoms. The van der Waals surface area contributed by atoms with Crippen molar-refractivity contribution in [1.29, 1.82) is 5.26 Å². The number of halogens is 3. The third kappa shape index (κ3) is 8.42. The molecule has 1 atom stereocenters. The first-order valence-electron chi connectivity index (χ1n) is 13.1. The number of morpholine rings is 1. The third-order valence-corrected chi connectivity index (χ3v) is 6.95. The summed E-state index contributed by atoms with van der Waals surface area (Å²) in [6.45, 7) is 6.77. The summed E-state index contributed by atoms with van der Waals surface area (Å²) in [6, 6.07) is 9.19. The Morgan fingerprint density at radius 3 is 2.63 bits per heavy atom. The van der Waals surface area contributed by atoms with E-state index >= 15 is 0 Å². The van der Waals surface area contributed by atoms with Crippen LogP contribution in [0.5, 0.6) is 17.2 Å². The second-order valence-electron chi connectivity index (χ2n) is 10.5. The van der Waals surface area contributed by atoms with Crippen LogP contribution >= 0.6 is 11.8 Å². The van der Waals surface area contributed by atoms with E-state index in [1.54, 1.807) is 43.9 Å². The van der Waals surface area contributed by atoms with Gasteiger partial charge in [0.25, 0.3) is 5.91 Å². The molecule has 4 rings (SSSR count). The molecule has 2 aliphatic heterocycles. The van der Waals surface area contributed by atoms with E-state index in [1.807, 2.05) is 0 Å². The van der Waals surface area contributed by atoms with Gasteiger partial charge in [-0.3, -0.25) is 4.79 Å². The summed E-state index contributed by atoms with van der Waals surface area (Å²) >= 11 is 1.11.